The monoisotopic (exact) mass is 372 g/mol. The molecule has 0 bridgehead atoms. The quantitative estimate of drug-likeness (QED) is 0.514. The van der Waals surface area contributed by atoms with Crippen molar-refractivity contribution >= 4 is 23.7 Å². The van der Waals surface area contributed by atoms with E-state index in [4.69, 9.17) is 20.8 Å². The number of hydrogen-bond donors (Lipinski definition) is 1. The number of furan rings is 1. The van der Waals surface area contributed by atoms with Gasteiger partial charge in [0.2, 0.25) is 0 Å². The molecule has 26 heavy (non-hydrogen) atoms. The normalized spacial score (nSPS) is 10.8. The fourth-order valence-electron chi connectivity index (χ4n) is 2.08. The summed E-state index contributed by atoms with van der Waals surface area (Å²) in [4.78, 5) is 12.0. The predicted molar refractivity (Wildman–Crippen MR) is 96.0 cm³/mol. The van der Waals surface area contributed by atoms with Crippen molar-refractivity contribution in [3.63, 3.8) is 0 Å². The van der Waals surface area contributed by atoms with Crippen LogP contribution in [0.4, 0.5) is 4.39 Å². The van der Waals surface area contributed by atoms with E-state index < -0.39 is 11.7 Å². The highest BCUT2D eigenvalue weighted by atomic mass is 35.5. The minimum absolute atomic E-state index is 0.0634. The van der Waals surface area contributed by atoms with Gasteiger partial charge in [-0.2, -0.15) is 5.10 Å². The van der Waals surface area contributed by atoms with Crippen molar-refractivity contribution in [2.75, 3.05) is 0 Å². The van der Waals surface area contributed by atoms with Gasteiger partial charge in [-0.05, 0) is 30.3 Å². The fraction of sp³-hybridized carbons (Fsp3) is 0.0526. The molecule has 3 aromatic rings. The van der Waals surface area contributed by atoms with Gasteiger partial charge in [0.25, 0.3) is 0 Å². The highest BCUT2D eigenvalue weighted by Gasteiger charge is 2.11. The summed E-state index contributed by atoms with van der Waals surface area (Å²) in [6.45, 7) is 0.121. The topological polar surface area (TPSA) is 63.8 Å². The summed E-state index contributed by atoms with van der Waals surface area (Å²) in [6, 6.07) is 16.3. The summed E-state index contributed by atoms with van der Waals surface area (Å²) in [6.07, 6.45) is 1.22. The van der Waals surface area contributed by atoms with Gasteiger partial charge in [-0.3, -0.25) is 4.79 Å². The standard InChI is InChI=1S/C19H14ClFN2O3/c20-15-6-2-4-8-17(15)25-12-14-9-10-18(26-14)19(24)23-22-11-13-5-1-3-7-16(13)21/h1-11H,12H2,(H,23,24)/b22-11-. The highest BCUT2D eigenvalue weighted by molar-refractivity contribution is 6.32. The van der Waals surface area contributed by atoms with Crippen molar-refractivity contribution in [1.29, 1.82) is 0 Å². The summed E-state index contributed by atoms with van der Waals surface area (Å²) in [5, 5.41) is 4.21. The van der Waals surface area contributed by atoms with Crippen LogP contribution in [0.15, 0.2) is 70.2 Å². The first-order valence-corrected chi connectivity index (χ1v) is 8.05. The highest BCUT2D eigenvalue weighted by Crippen LogP contribution is 2.24. The molecule has 3 rings (SSSR count). The average Bonchev–Trinajstić information content (AvgIpc) is 3.12. The van der Waals surface area contributed by atoms with E-state index in [0.29, 0.717) is 16.5 Å². The molecule has 0 spiro atoms. The minimum atomic E-state index is -0.554. The predicted octanol–water partition coefficient (Wildman–Crippen LogP) is 4.42. The molecule has 1 heterocycles. The molecule has 0 radical (unpaired) electrons. The zero-order chi connectivity index (χ0) is 18.4. The zero-order valence-corrected chi connectivity index (χ0v) is 14.2. The van der Waals surface area contributed by atoms with Gasteiger partial charge in [-0.1, -0.05) is 41.9 Å². The molecule has 0 aliphatic rings. The van der Waals surface area contributed by atoms with Crippen molar-refractivity contribution in [1.82, 2.24) is 5.43 Å². The third-order valence-electron chi connectivity index (χ3n) is 3.37. The van der Waals surface area contributed by atoms with Crippen LogP contribution in [0.5, 0.6) is 5.75 Å². The number of halogens is 2. The molecule has 5 nitrogen and oxygen atoms in total. The zero-order valence-electron chi connectivity index (χ0n) is 13.5. The van der Waals surface area contributed by atoms with Crippen molar-refractivity contribution in [2.24, 2.45) is 5.10 Å². The van der Waals surface area contributed by atoms with Crippen LogP contribution in [-0.4, -0.2) is 12.1 Å². The summed E-state index contributed by atoms with van der Waals surface area (Å²) >= 11 is 6.00. The average molecular weight is 373 g/mol. The third-order valence-corrected chi connectivity index (χ3v) is 3.68. The minimum Gasteiger partial charge on any atom is -0.484 e. The van der Waals surface area contributed by atoms with E-state index >= 15 is 0 Å². The Bertz CT molecular complexity index is 940. The Kier molecular flexibility index (Phi) is 5.66. The molecule has 0 aliphatic heterocycles. The van der Waals surface area contributed by atoms with Crippen LogP contribution < -0.4 is 10.2 Å². The first-order valence-electron chi connectivity index (χ1n) is 7.67. The molecule has 1 N–H and O–H groups in total. The Morgan fingerprint density at radius 3 is 2.73 bits per heavy atom. The first kappa shape index (κ1) is 17.7. The second-order valence-corrected chi connectivity index (χ2v) is 5.61. The van der Waals surface area contributed by atoms with E-state index in [2.05, 4.69) is 10.5 Å². The first-order chi connectivity index (χ1) is 12.6. The lowest BCUT2D eigenvalue weighted by molar-refractivity contribution is 0.0923. The van der Waals surface area contributed by atoms with E-state index in [0.717, 1.165) is 0 Å². The van der Waals surface area contributed by atoms with Gasteiger partial charge in [-0.25, -0.2) is 9.82 Å². The molecule has 132 valence electrons. The number of ether oxygens (including phenoxy) is 1. The lowest BCUT2D eigenvalue weighted by Gasteiger charge is -2.05. The summed E-state index contributed by atoms with van der Waals surface area (Å²) in [7, 11) is 0. The van der Waals surface area contributed by atoms with Gasteiger partial charge in [0.15, 0.2) is 5.76 Å². The molecule has 0 aliphatic carbocycles. The molecular formula is C19H14ClFN2O3. The van der Waals surface area contributed by atoms with Gasteiger partial charge in [-0.15, -0.1) is 0 Å². The number of hydrogen-bond acceptors (Lipinski definition) is 4. The number of amides is 1. The SMILES string of the molecule is O=C(N/N=C\c1ccccc1F)c1ccc(COc2ccccc2Cl)o1. The molecule has 0 fully saturated rings. The van der Waals surface area contributed by atoms with E-state index in [1.807, 2.05) is 0 Å². The van der Waals surface area contributed by atoms with Crippen LogP contribution in [-0.2, 0) is 6.61 Å². The van der Waals surface area contributed by atoms with Crippen molar-refractivity contribution in [3.8, 4) is 5.75 Å². The molecule has 0 unspecified atom stereocenters. The largest absolute Gasteiger partial charge is 0.484 e. The molecule has 1 aromatic heterocycles. The lowest BCUT2D eigenvalue weighted by Crippen LogP contribution is -2.16. The maximum atomic E-state index is 13.4. The van der Waals surface area contributed by atoms with Gasteiger partial charge in [0.05, 0.1) is 11.2 Å². The van der Waals surface area contributed by atoms with E-state index in [9.17, 15) is 9.18 Å². The number of para-hydroxylation sites is 1. The molecule has 1 amide bonds. The Hall–Kier alpha value is -3.12. The van der Waals surface area contributed by atoms with Gasteiger partial charge in [0, 0.05) is 5.56 Å². The number of hydrazone groups is 1. The Balaban J connectivity index is 1.56. The summed E-state index contributed by atoms with van der Waals surface area (Å²) < 4.78 is 24.4. The van der Waals surface area contributed by atoms with Crippen molar-refractivity contribution in [2.45, 2.75) is 6.61 Å². The van der Waals surface area contributed by atoms with Crippen LogP contribution in [0.25, 0.3) is 0 Å². The molecule has 0 atom stereocenters. The third kappa shape index (κ3) is 4.49. The van der Waals surface area contributed by atoms with Gasteiger partial charge >= 0.3 is 5.91 Å². The molecule has 0 saturated carbocycles. The Morgan fingerprint density at radius 1 is 1.15 bits per heavy atom. The summed E-state index contributed by atoms with van der Waals surface area (Å²) in [5.74, 6) is 0.0525. The van der Waals surface area contributed by atoms with Crippen molar-refractivity contribution in [3.05, 3.63) is 88.6 Å². The summed E-state index contributed by atoms with van der Waals surface area (Å²) in [5.41, 5.74) is 2.54. The number of nitrogens with zero attached hydrogens (tertiary/aromatic N) is 1. The number of carbonyl (C=O) groups is 1. The second kappa shape index (κ2) is 8.31. The number of rotatable bonds is 6. The maximum Gasteiger partial charge on any atom is 0.307 e. The van der Waals surface area contributed by atoms with Gasteiger partial charge < -0.3 is 9.15 Å². The smallest absolute Gasteiger partial charge is 0.307 e. The van der Waals surface area contributed by atoms with Crippen LogP contribution in [0, 0.1) is 5.82 Å². The van der Waals surface area contributed by atoms with E-state index in [1.54, 1.807) is 48.5 Å². The molecule has 2 aromatic carbocycles. The van der Waals surface area contributed by atoms with E-state index in [-0.39, 0.29) is 17.9 Å². The van der Waals surface area contributed by atoms with Crippen LogP contribution >= 0.6 is 11.6 Å². The van der Waals surface area contributed by atoms with E-state index in [1.165, 1.54) is 18.3 Å². The van der Waals surface area contributed by atoms with Crippen LogP contribution in [0.1, 0.15) is 21.9 Å². The Labute approximate surface area is 154 Å². The second-order valence-electron chi connectivity index (χ2n) is 5.21. The van der Waals surface area contributed by atoms with Crippen LogP contribution in [0.2, 0.25) is 5.02 Å². The lowest BCUT2D eigenvalue weighted by atomic mass is 10.2. The molecule has 0 saturated heterocycles. The maximum absolute atomic E-state index is 13.4. The number of carbonyl (C=O) groups excluding carboxylic acids is 1. The molecular weight excluding hydrogens is 359 g/mol. The van der Waals surface area contributed by atoms with Crippen molar-refractivity contribution < 1.29 is 18.3 Å². The van der Waals surface area contributed by atoms with Gasteiger partial charge in [0.1, 0.15) is 23.9 Å². The fourth-order valence-corrected chi connectivity index (χ4v) is 2.27. The number of nitrogens with one attached hydrogen (secondary N) is 1. The van der Waals surface area contributed by atoms with Crippen LogP contribution in [0.3, 0.4) is 0 Å². The molecule has 7 heteroatoms. The number of benzene rings is 2. The Morgan fingerprint density at radius 2 is 1.92 bits per heavy atom.